The summed E-state index contributed by atoms with van der Waals surface area (Å²) in [7, 11) is 0. The van der Waals surface area contributed by atoms with Crippen molar-refractivity contribution in [2.75, 3.05) is 6.61 Å². The van der Waals surface area contributed by atoms with Gasteiger partial charge in [-0.15, -0.1) is 0 Å². The van der Waals surface area contributed by atoms with Crippen LogP contribution in [0, 0.1) is 6.92 Å². The second-order valence-electron chi connectivity index (χ2n) is 4.58. The van der Waals surface area contributed by atoms with E-state index < -0.39 is 6.04 Å². The molecule has 0 aliphatic carbocycles. The molecule has 4 heteroatoms. The zero-order chi connectivity index (χ0) is 14.5. The lowest BCUT2D eigenvalue weighted by Gasteiger charge is -2.17. The third-order valence-electron chi connectivity index (χ3n) is 3.12. The van der Waals surface area contributed by atoms with Crippen LogP contribution in [0.2, 0.25) is 5.02 Å². The number of amides is 1. The van der Waals surface area contributed by atoms with E-state index in [2.05, 4.69) is 5.32 Å². The fourth-order valence-corrected chi connectivity index (χ4v) is 2.26. The first kappa shape index (κ1) is 14.6. The number of aliphatic hydroxyl groups excluding tert-OH is 1. The number of carbonyl (C=O) groups excluding carboxylic acids is 1. The van der Waals surface area contributed by atoms with E-state index in [1.165, 1.54) is 0 Å². The van der Waals surface area contributed by atoms with Crippen molar-refractivity contribution in [2.45, 2.75) is 13.0 Å². The zero-order valence-corrected chi connectivity index (χ0v) is 11.9. The van der Waals surface area contributed by atoms with Crippen LogP contribution in [0.4, 0.5) is 0 Å². The first-order valence-corrected chi connectivity index (χ1v) is 6.72. The van der Waals surface area contributed by atoms with Crippen molar-refractivity contribution in [3.05, 3.63) is 70.2 Å². The van der Waals surface area contributed by atoms with Crippen LogP contribution in [-0.4, -0.2) is 17.6 Å². The van der Waals surface area contributed by atoms with Crippen molar-refractivity contribution in [2.24, 2.45) is 0 Å². The Morgan fingerprint density at radius 3 is 2.55 bits per heavy atom. The minimum Gasteiger partial charge on any atom is -0.394 e. The van der Waals surface area contributed by atoms with Gasteiger partial charge in [0, 0.05) is 10.6 Å². The normalized spacial score (nSPS) is 11.9. The predicted octanol–water partition coefficient (Wildman–Crippen LogP) is 3.11. The van der Waals surface area contributed by atoms with Crippen molar-refractivity contribution >= 4 is 17.5 Å². The molecule has 0 aromatic heterocycles. The summed E-state index contributed by atoms with van der Waals surface area (Å²) in [5.41, 5.74) is 2.23. The van der Waals surface area contributed by atoms with Gasteiger partial charge in [-0.1, -0.05) is 41.9 Å². The van der Waals surface area contributed by atoms with Gasteiger partial charge in [0.1, 0.15) is 0 Å². The summed E-state index contributed by atoms with van der Waals surface area (Å²) < 4.78 is 0. The number of benzene rings is 2. The number of halogens is 1. The molecule has 0 radical (unpaired) electrons. The van der Waals surface area contributed by atoms with E-state index >= 15 is 0 Å². The molecular weight excluding hydrogens is 274 g/mol. The molecule has 20 heavy (non-hydrogen) atoms. The van der Waals surface area contributed by atoms with E-state index in [1.54, 1.807) is 18.2 Å². The van der Waals surface area contributed by atoms with E-state index in [-0.39, 0.29) is 12.5 Å². The average Bonchev–Trinajstić information content (AvgIpc) is 2.45. The van der Waals surface area contributed by atoms with E-state index in [0.717, 1.165) is 11.1 Å². The minimum atomic E-state index is -0.418. The van der Waals surface area contributed by atoms with Gasteiger partial charge in [0.15, 0.2) is 0 Å². The highest BCUT2D eigenvalue weighted by Gasteiger charge is 2.16. The molecule has 0 heterocycles. The third kappa shape index (κ3) is 3.38. The van der Waals surface area contributed by atoms with Crippen molar-refractivity contribution in [1.82, 2.24) is 5.32 Å². The number of nitrogens with one attached hydrogen (secondary N) is 1. The SMILES string of the molecule is Cc1cc(Cl)ccc1C(=O)N[C@H](CO)c1ccccc1. The highest BCUT2D eigenvalue weighted by atomic mass is 35.5. The molecule has 0 unspecified atom stereocenters. The van der Waals surface area contributed by atoms with Crippen molar-refractivity contribution < 1.29 is 9.90 Å². The van der Waals surface area contributed by atoms with Gasteiger partial charge in [-0.05, 0) is 36.2 Å². The predicted molar refractivity (Wildman–Crippen MR) is 79.9 cm³/mol. The van der Waals surface area contributed by atoms with Gasteiger partial charge in [0.05, 0.1) is 12.6 Å². The topological polar surface area (TPSA) is 49.3 Å². The molecule has 104 valence electrons. The number of carbonyl (C=O) groups is 1. The van der Waals surface area contributed by atoms with Gasteiger partial charge in [0.2, 0.25) is 0 Å². The lowest BCUT2D eigenvalue weighted by Crippen LogP contribution is -2.31. The van der Waals surface area contributed by atoms with Crippen LogP contribution >= 0.6 is 11.6 Å². The van der Waals surface area contributed by atoms with Gasteiger partial charge < -0.3 is 10.4 Å². The minimum absolute atomic E-state index is 0.150. The number of aryl methyl sites for hydroxylation is 1. The van der Waals surface area contributed by atoms with E-state index in [0.29, 0.717) is 10.6 Å². The van der Waals surface area contributed by atoms with Crippen molar-refractivity contribution in [1.29, 1.82) is 0 Å². The third-order valence-corrected chi connectivity index (χ3v) is 3.36. The Bertz CT molecular complexity index is 599. The first-order chi connectivity index (χ1) is 9.61. The van der Waals surface area contributed by atoms with E-state index in [9.17, 15) is 9.90 Å². The monoisotopic (exact) mass is 289 g/mol. The van der Waals surface area contributed by atoms with Crippen LogP contribution in [-0.2, 0) is 0 Å². The molecule has 1 atom stereocenters. The summed E-state index contributed by atoms with van der Waals surface area (Å²) >= 11 is 5.88. The van der Waals surface area contributed by atoms with Gasteiger partial charge in [-0.25, -0.2) is 0 Å². The Morgan fingerprint density at radius 2 is 1.95 bits per heavy atom. The molecule has 0 fully saturated rings. The standard InChI is InChI=1S/C16H16ClNO2/c1-11-9-13(17)7-8-14(11)16(20)18-15(10-19)12-5-3-2-4-6-12/h2-9,15,19H,10H2,1H3,(H,18,20)/t15-/m1/s1. The van der Waals surface area contributed by atoms with Crippen molar-refractivity contribution in [3.63, 3.8) is 0 Å². The Morgan fingerprint density at radius 1 is 1.25 bits per heavy atom. The first-order valence-electron chi connectivity index (χ1n) is 6.34. The molecule has 2 aromatic carbocycles. The lowest BCUT2D eigenvalue weighted by molar-refractivity contribution is 0.0915. The quantitative estimate of drug-likeness (QED) is 0.908. The van der Waals surface area contributed by atoms with E-state index in [1.807, 2.05) is 37.3 Å². The molecule has 2 aromatic rings. The summed E-state index contributed by atoms with van der Waals surface area (Å²) in [6, 6.07) is 14.1. The van der Waals surface area contributed by atoms with E-state index in [4.69, 9.17) is 11.6 Å². The van der Waals surface area contributed by atoms with Crippen LogP contribution in [0.1, 0.15) is 27.5 Å². The number of hydrogen-bond donors (Lipinski definition) is 2. The summed E-state index contributed by atoms with van der Waals surface area (Å²) in [6.07, 6.45) is 0. The Hall–Kier alpha value is -1.84. The fraction of sp³-hybridized carbons (Fsp3) is 0.188. The van der Waals surface area contributed by atoms with Gasteiger partial charge >= 0.3 is 0 Å². The molecule has 3 nitrogen and oxygen atoms in total. The van der Waals surface area contributed by atoms with Gasteiger partial charge in [-0.3, -0.25) is 4.79 Å². The largest absolute Gasteiger partial charge is 0.394 e. The summed E-state index contributed by atoms with van der Waals surface area (Å²) in [4.78, 5) is 12.3. The summed E-state index contributed by atoms with van der Waals surface area (Å²) in [5.74, 6) is -0.220. The molecule has 0 spiro atoms. The highest BCUT2D eigenvalue weighted by Crippen LogP contribution is 2.17. The van der Waals surface area contributed by atoms with Crippen LogP contribution < -0.4 is 5.32 Å². The van der Waals surface area contributed by atoms with Crippen LogP contribution in [0.5, 0.6) is 0 Å². The molecule has 0 aliphatic rings. The maximum absolute atomic E-state index is 12.3. The second-order valence-corrected chi connectivity index (χ2v) is 5.01. The maximum Gasteiger partial charge on any atom is 0.252 e. The number of hydrogen-bond acceptors (Lipinski definition) is 2. The van der Waals surface area contributed by atoms with Gasteiger partial charge in [-0.2, -0.15) is 0 Å². The highest BCUT2D eigenvalue weighted by molar-refractivity contribution is 6.30. The average molecular weight is 290 g/mol. The molecular formula is C16H16ClNO2. The van der Waals surface area contributed by atoms with Crippen LogP contribution in [0.15, 0.2) is 48.5 Å². The molecule has 2 rings (SSSR count). The lowest BCUT2D eigenvalue weighted by atomic mass is 10.1. The second kappa shape index (κ2) is 6.55. The summed E-state index contributed by atoms with van der Waals surface area (Å²) in [6.45, 7) is 1.68. The maximum atomic E-state index is 12.3. The smallest absolute Gasteiger partial charge is 0.252 e. The van der Waals surface area contributed by atoms with Crippen LogP contribution in [0.3, 0.4) is 0 Å². The van der Waals surface area contributed by atoms with Crippen LogP contribution in [0.25, 0.3) is 0 Å². The zero-order valence-electron chi connectivity index (χ0n) is 11.1. The fourth-order valence-electron chi connectivity index (χ4n) is 2.04. The molecule has 0 saturated carbocycles. The molecule has 0 bridgehead atoms. The Kier molecular flexibility index (Phi) is 4.77. The molecule has 2 N–H and O–H groups in total. The van der Waals surface area contributed by atoms with Crippen molar-refractivity contribution in [3.8, 4) is 0 Å². The Labute approximate surface area is 123 Å². The Balaban J connectivity index is 2.17. The number of aliphatic hydroxyl groups is 1. The van der Waals surface area contributed by atoms with Gasteiger partial charge in [0.25, 0.3) is 5.91 Å². The number of rotatable bonds is 4. The molecule has 0 saturated heterocycles. The summed E-state index contributed by atoms with van der Waals surface area (Å²) in [5, 5.41) is 12.9. The molecule has 0 aliphatic heterocycles. The molecule has 1 amide bonds.